The zero-order valence-electron chi connectivity index (χ0n) is 9.29. The van der Waals surface area contributed by atoms with Crippen LogP contribution in [0.3, 0.4) is 0 Å². The topological polar surface area (TPSA) is 97.5 Å². The number of hydrogen-bond acceptors (Lipinski definition) is 4. The van der Waals surface area contributed by atoms with Crippen LogP contribution in [0.25, 0.3) is 22.2 Å². The molecule has 0 bridgehead atoms. The number of amides is 1. The Morgan fingerprint density at radius 3 is 2.72 bits per heavy atom. The van der Waals surface area contributed by atoms with E-state index in [2.05, 4.69) is 19.9 Å². The number of benzene rings is 1. The lowest BCUT2D eigenvalue weighted by Crippen LogP contribution is -2.11. The molecule has 0 aliphatic rings. The minimum atomic E-state index is -0.488. The van der Waals surface area contributed by atoms with E-state index in [-0.39, 0.29) is 0 Å². The first kappa shape index (κ1) is 10.4. The fraction of sp³-hybridized carbons (Fsp3) is 0. The van der Waals surface area contributed by atoms with Crippen LogP contribution >= 0.6 is 0 Å². The molecule has 3 rings (SSSR count). The summed E-state index contributed by atoms with van der Waals surface area (Å²) < 4.78 is 0. The molecule has 88 valence electrons. The zero-order valence-corrected chi connectivity index (χ0v) is 9.29. The van der Waals surface area contributed by atoms with Crippen LogP contribution in [0, 0.1) is 0 Å². The first-order valence-electron chi connectivity index (χ1n) is 5.28. The van der Waals surface area contributed by atoms with Crippen molar-refractivity contribution in [3.63, 3.8) is 0 Å². The molecule has 0 spiro atoms. The van der Waals surface area contributed by atoms with Gasteiger partial charge in [0.15, 0.2) is 0 Å². The van der Waals surface area contributed by atoms with Gasteiger partial charge in [-0.2, -0.15) is 0 Å². The molecule has 3 N–H and O–H groups in total. The van der Waals surface area contributed by atoms with Gasteiger partial charge in [0, 0.05) is 29.1 Å². The van der Waals surface area contributed by atoms with E-state index in [1.807, 2.05) is 0 Å². The summed E-state index contributed by atoms with van der Waals surface area (Å²) in [5.74, 6) is -0.488. The molecule has 1 aromatic carbocycles. The third-order valence-electron chi connectivity index (χ3n) is 2.69. The summed E-state index contributed by atoms with van der Waals surface area (Å²) >= 11 is 0. The Morgan fingerprint density at radius 2 is 2.00 bits per heavy atom. The Kier molecular flexibility index (Phi) is 2.26. The van der Waals surface area contributed by atoms with Crippen molar-refractivity contribution in [2.24, 2.45) is 5.73 Å². The minimum Gasteiger partial charge on any atom is -0.366 e. The van der Waals surface area contributed by atoms with Crippen LogP contribution in [0.15, 0.2) is 37.2 Å². The molecule has 0 saturated heterocycles. The van der Waals surface area contributed by atoms with Gasteiger partial charge in [0.05, 0.1) is 17.4 Å². The van der Waals surface area contributed by atoms with Crippen molar-refractivity contribution in [3.8, 4) is 11.1 Å². The highest BCUT2D eigenvalue weighted by Crippen LogP contribution is 2.27. The van der Waals surface area contributed by atoms with Gasteiger partial charge < -0.3 is 10.7 Å². The summed E-state index contributed by atoms with van der Waals surface area (Å²) in [5.41, 5.74) is 8.84. The average Bonchev–Trinajstić information content (AvgIpc) is 2.86. The molecule has 0 atom stereocenters. The van der Waals surface area contributed by atoms with Crippen molar-refractivity contribution in [1.82, 2.24) is 19.9 Å². The molecule has 2 heterocycles. The molecule has 0 aliphatic heterocycles. The van der Waals surface area contributed by atoms with Crippen LogP contribution < -0.4 is 5.73 Å². The number of nitrogens with one attached hydrogen (secondary N) is 1. The lowest BCUT2D eigenvalue weighted by atomic mass is 10.0. The number of fused-ring (bicyclic) bond motifs is 1. The predicted octanol–water partition coefficient (Wildman–Crippen LogP) is 1.12. The van der Waals surface area contributed by atoms with E-state index in [0.717, 1.165) is 16.6 Å². The van der Waals surface area contributed by atoms with Crippen LogP contribution in [0.5, 0.6) is 0 Å². The fourth-order valence-corrected chi connectivity index (χ4v) is 1.85. The highest BCUT2D eigenvalue weighted by Gasteiger charge is 2.11. The Morgan fingerprint density at radius 1 is 1.22 bits per heavy atom. The SMILES string of the molecule is NC(=O)c1cc(-c2cncnc2)c2[nH]cnc2c1. The summed E-state index contributed by atoms with van der Waals surface area (Å²) in [6.07, 6.45) is 6.37. The smallest absolute Gasteiger partial charge is 0.248 e. The number of carbonyl (C=O) groups excluding carboxylic acids is 1. The largest absolute Gasteiger partial charge is 0.366 e. The van der Waals surface area contributed by atoms with Gasteiger partial charge in [0.25, 0.3) is 0 Å². The van der Waals surface area contributed by atoms with Crippen LogP contribution in [-0.2, 0) is 0 Å². The van der Waals surface area contributed by atoms with Crippen LogP contribution in [0.1, 0.15) is 10.4 Å². The Bertz CT molecular complexity index is 720. The van der Waals surface area contributed by atoms with Gasteiger partial charge in [0.1, 0.15) is 6.33 Å². The maximum Gasteiger partial charge on any atom is 0.248 e. The minimum absolute atomic E-state index is 0.411. The lowest BCUT2D eigenvalue weighted by molar-refractivity contribution is 0.100. The van der Waals surface area contributed by atoms with Crippen molar-refractivity contribution >= 4 is 16.9 Å². The molecular formula is C12H9N5O. The molecule has 0 saturated carbocycles. The number of imidazole rings is 1. The van der Waals surface area contributed by atoms with Gasteiger partial charge in [-0.25, -0.2) is 15.0 Å². The van der Waals surface area contributed by atoms with E-state index in [9.17, 15) is 4.79 Å². The number of primary amides is 1. The number of aromatic nitrogens is 4. The fourth-order valence-electron chi connectivity index (χ4n) is 1.85. The second-order valence-electron chi connectivity index (χ2n) is 3.81. The number of aromatic amines is 1. The molecule has 1 amide bonds. The van der Waals surface area contributed by atoms with Gasteiger partial charge in [-0.1, -0.05) is 0 Å². The maximum atomic E-state index is 11.3. The standard InChI is InChI=1S/C12H9N5O/c13-12(18)7-1-9(8-3-14-5-15-4-8)11-10(2-7)16-6-17-11/h1-6H,(H2,13,18)(H,16,17). The molecule has 6 nitrogen and oxygen atoms in total. The maximum absolute atomic E-state index is 11.3. The van der Waals surface area contributed by atoms with E-state index in [1.54, 1.807) is 30.9 Å². The van der Waals surface area contributed by atoms with Crippen LogP contribution in [0.2, 0.25) is 0 Å². The number of hydrogen-bond donors (Lipinski definition) is 2. The predicted molar refractivity (Wildman–Crippen MR) is 65.6 cm³/mol. The number of rotatable bonds is 2. The summed E-state index contributed by atoms with van der Waals surface area (Å²) in [6.45, 7) is 0. The van der Waals surface area contributed by atoms with Crippen molar-refractivity contribution in [3.05, 3.63) is 42.7 Å². The summed E-state index contributed by atoms with van der Waals surface area (Å²) in [6, 6.07) is 3.36. The number of H-pyrrole nitrogens is 1. The van der Waals surface area contributed by atoms with Gasteiger partial charge in [-0.05, 0) is 12.1 Å². The highest BCUT2D eigenvalue weighted by molar-refractivity contribution is 6.01. The Labute approximate surface area is 102 Å². The van der Waals surface area contributed by atoms with Crippen molar-refractivity contribution in [2.75, 3.05) is 0 Å². The highest BCUT2D eigenvalue weighted by atomic mass is 16.1. The summed E-state index contributed by atoms with van der Waals surface area (Å²) in [4.78, 5) is 26.4. The Hall–Kier alpha value is -2.76. The molecule has 6 heteroatoms. The molecule has 0 fully saturated rings. The lowest BCUT2D eigenvalue weighted by Gasteiger charge is -2.04. The van der Waals surface area contributed by atoms with Gasteiger partial charge in [0.2, 0.25) is 5.91 Å². The van der Waals surface area contributed by atoms with Crippen molar-refractivity contribution in [1.29, 1.82) is 0 Å². The van der Waals surface area contributed by atoms with E-state index in [1.165, 1.54) is 6.33 Å². The van der Waals surface area contributed by atoms with E-state index in [0.29, 0.717) is 11.1 Å². The molecular weight excluding hydrogens is 230 g/mol. The molecule has 0 unspecified atom stereocenters. The second-order valence-corrected chi connectivity index (χ2v) is 3.81. The van der Waals surface area contributed by atoms with E-state index < -0.39 is 5.91 Å². The molecule has 0 radical (unpaired) electrons. The normalized spacial score (nSPS) is 10.7. The van der Waals surface area contributed by atoms with E-state index in [4.69, 9.17) is 5.73 Å². The molecule has 18 heavy (non-hydrogen) atoms. The van der Waals surface area contributed by atoms with Crippen molar-refractivity contribution in [2.45, 2.75) is 0 Å². The van der Waals surface area contributed by atoms with Gasteiger partial charge >= 0.3 is 0 Å². The zero-order chi connectivity index (χ0) is 12.5. The molecule has 2 aromatic heterocycles. The summed E-state index contributed by atoms with van der Waals surface area (Å²) in [7, 11) is 0. The summed E-state index contributed by atoms with van der Waals surface area (Å²) in [5, 5.41) is 0. The first-order chi connectivity index (χ1) is 8.75. The second kappa shape index (κ2) is 3.92. The van der Waals surface area contributed by atoms with Crippen LogP contribution in [-0.4, -0.2) is 25.8 Å². The van der Waals surface area contributed by atoms with Crippen LogP contribution in [0.4, 0.5) is 0 Å². The number of carbonyl (C=O) groups is 1. The third kappa shape index (κ3) is 1.60. The van der Waals surface area contributed by atoms with Gasteiger partial charge in [-0.3, -0.25) is 4.79 Å². The quantitative estimate of drug-likeness (QED) is 0.700. The monoisotopic (exact) mass is 239 g/mol. The Balaban J connectivity index is 2.33. The molecule has 0 aliphatic carbocycles. The van der Waals surface area contributed by atoms with Gasteiger partial charge in [-0.15, -0.1) is 0 Å². The number of nitrogens with zero attached hydrogens (tertiary/aromatic N) is 3. The number of nitrogens with two attached hydrogens (primary N) is 1. The molecule has 3 aromatic rings. The average molecular weight is 239 g/mol. The van der Waals surface area contributed by atoms with E-state index >= 15 is 0 Å². The first-order valence-corrected chi connectivity index (χ1v) is 5.28. The third-order valence-corrected chi connectivity index (χ3v) is 2.69. The van der Waals surface area contributed by atoms with Crippen molar-refractivity contribution < 1.29 is 4.79 Å².